The minimum atomic E-state index is 0.263. The molecule has 1 atom stereocenters. The van der Waals surface area contributed by atoms with E-state index in [1.54, 1.807) is 7.11 Å². The number of methoxy groups -OCH3 is 1. The molecule has 0 aliphatic carbocycles. The molecule has 0 saturated heterocycles. The molecule has 1 aromatic heterocycles. The lowest BCUT2D eigenvalue weighted by Gasteiger charge is -2.19. The van der Waals surface area contributed by atoms with Gasteiger partial charge in [0.2, 0.25) is 0 Å². The Morgan fingerprint density at radius 2 is 2.05 bits per heavy atom. The fraction of sp³-hybridized carbons (Fsp3) is 0.312. The van der Waals surface area contributed by atoms with Gasteiger partial charge >= 0.3 is 0 Å². The molecule has 0 radical (unpaired) electrons. The molecule has 1 aromatic carbocycles. The van der Waals surface area contributed by atoms with Crippen LogP contribution in [0.25, 0.3) is 0 Å². The number of nitrogens with one attached hydrogen (secondary N) is 1. The van der Waals surface area contributed by atoms with Gasteiger partial charge in [0.15, 0.2) is 0 Å². The number of benzene rings is 1. The number of likely N-dealkylation sites (N-methyl/N-ethyl adjacent to an activating group) is 1. The molecule has 2 aromatic rings. The predicted octanol–water partition coefficient (Wildman–Crippen LogP) is 2.90. The maximum absolute atomic E-state index is 5.42. The maximum Gasteiger partial charge on any atom is 0.122 e. The molecule has 0 aliphatic rings. The number of ether oxygens (including phenoxy) is 1. The lowest BCUT2D eigenvalue weighted by molar-refractivity contribution is 0.406. The van der Waals surface area contributed by atoms with Crippen LogP contribution in [0.3, 0.4) is 0 Å². The molecule has 1 heterocycles. The first kappa shape index (κ1) is 13.6. The van der Waals surface area contributed by atoms with Crippen molar-refractivity contribution < 1.29 is 4.74 Å². The monoisotopic (exact) mass is 256 g/mol. The highest BCUT2D eigenvalue weighted by Crippen LogP contribution is 2.25. The van der Waals surface area contributed by atoms with Crippen molar-refractivity contribution in [2.24, 2.45) is 0 Å². The van der Waals surface area contributed by atoms with Gasteiger partial charge in [-0.2, -0.15) is 0 Å². The number of pyridine rings is 1. The summed E-state index contributed by atoms with van der Waals surface area (Å²) in [4.78, 5) is 4.15. The largest absolute Gasteiger partial charge is 0.496 e. The minimum Gasteiger partial charge on any atom is -0.496 e. The molecule has 1 unspecified atom stereocenters. The van der Waals surface area contributed by atoms with Crippen LogP contribution in [0.15, 0.2) is 42.7 Å². The Hall–Kier alpha value is -1.87. The van der Waals surface area contributed by atoms with Crippen molar-refractivity contribution in [3.8, 4) is 5.75 Å². The van der Waals surface area contributed by atoms with Crippen LogP contribution in [0, 0.1) is 6.92 Å². The van der Waals surface area contributed by atoms with E-state index >= 15 is 0 Å². The van der Waals surface area contributed by atoms with Crippen molar-refractivity contribution >= 4 is 0 Å². The van der Waals surface area contributed by atoms with Crippen molar-refractivity contribution in [3.63, 3.8) is 0 Å². The second-order valence-electron chi connectivity index (χ2n) is 4.59. The van der Waals surface area contributed by atoms with E-state index in [2.05, 4.69) is 29.4 Å². The van der Waals surface area contributed by atoms with Gasteiger partial charge in [0, 0.05) is 18.4 Å². The molecular formula is C16H20N2O. The van der Waals surface area contributed by atoms with Gasteiger partial charge in [0.1, 0.15) is 5.75 Å². The Morgan fingerprint density at radius 1 is 1.26 bits per heavy atom. The van der Waals surface area contributed by atoms with Crippen LogP contribution in [0.2, 0.25) is 0 Å². The first-order valence-corrected chi connectivity index (χ1v) is 6.46. The van der Waals surface area contributed by atoms with Crippen molar-refractivity contribution in [2.75, 3.05) is 14.2 Å². The van der Waals surface area contributed by atoms with Gasteiger partial charge < -0.3 is 10.1 Å². The van der Waals surface area contributed by atoms with Crippen molar-refractivity contribution in [3.05, 3.63) is 59.4 Å². The predicted molar refractivity (Wildman–Crippen MR) is 77.5 cm³/mol. The van der Waals surface area contributed by atoms with Crippen molar-refractivity contribution in [1.29, 1.82) is 0 Å². The van der Waals surface area contributed by atoms with E-state index in [0.717, 1.165) is 12.2 Å². The van der Waals surface area contributed by atoms with E-state index in [1.165, 1.54) is 16.7 Å². The summed E-state index contributed by atoms with van der Waals surface area (Å²) in [6.45, 7) is 2.09. The van der Waals surface area contributed by atoms with Gasteiger partial charge in [-0.25, -0.2) is 0 Å². The van der Waals surface area contributed by atoms with Crippen LogP contribution in [-0.2, 0) is 6.42 Å². The summed E-state index contributed by atoms with van der Waals surface area (Å²) in [5, 5.41) is 3.38. The van der Waals surface area contributed by atoms with Crippen LogP contribution >= 0.6 is 0 Å². The zero-order chi connectivity index (χ0) is 13.7. The van der Waals surface area contributed by atoms with Crippen LogP contribution in [0.5, 0.6) is 5.75 Å². The summed E-state index contributed by atoms with van der Waals surface area (Å²) in [5.74, 6) is 0.939. The van der Waals surface area contributed by atoms with E-state index < -0.39 is 0 Å². The van der Waals surface area contributed by atoms with Crippen LogP contribution in [0.1, 0.15) is 22.7 Å². The third-order valence-corrected chi connectivity index (χ3v) is 3.40. The van der Waals surface area contributed by atoms with Gasteiger partial charge in [-0.05, 0) is 49.2 Å². The van der Waals surface area contributed by atoms with Gasteiger partial charge in [-0.3, -0.25) is 4.98 Å². The number of aromatic nitrogens is 1. The normalized spacial score (nSPS) is 12.2. The molecule has 3 nitrogen and oxygen atoms in total. The second kappa shape index (κ2) is 6.34. The van der Waals surface area contributed by atoms with E-state index in [4.69, 9.17) is 4.74 Å². The Bertz CT molecular complexity index is 540. The smallest absolute Gasteiger partial charge is 0.122 e. The molecule has 2 rings (SSSR count). The zero-order valence-corrected chi connectivity index (χ0v) is 11.7. The maximum atomic E-state index is 5.42. The number of aryl methyl sites for hydroxylation is 1. The highest BCUT2D eigenvalue weighted by atomic mass is 16.5. The SMILES string of the molecule is CNC(Cc1ccccc1OC)c1ccncc1C. The summed E-state index contributed by atoms with van der Waals surface area (Å²) in [6, 6.07) is 10.5. The van der Waals surface area contributed by atoms with E-state index in [-0.39, 0.29) is 6.04 Å². The van der Waals surface area contributed by atoms with Gasteiger partial charge in [-0.1, -0.05) is 18.2 Å². The number of nitrogens with zero attached hydrogens (tertiary/aromatic N) is 1. The topological polar surface area (TPSA) is 34.1 Å². The fourth-order valence-electron chi connectivity index (χ4n) is 2.33. The lowest BCUT2D eigenvalue weighted by atomic mass is 9.96. The molecule has 0 fully saturated rings. The lowest BCUT2D eigenvalue weighted by Crippen LogP contribution is -2.20. The number of hydrogen-bond acceptors (Lipinski definition) is 3. The molecular weight excluding hydrogens is 236 g/mol. The van der Waals surface area contributed by atoms with Crippen LogP contribution in [0.4, 0.5) is 0 Å². The third-order valence-electron chi connectivity index (χ3n) is 3.40. The molecule has 0 amide bonds. The molecule has 0 saturated carbocycles. The summed E-state index contributed by atoms with van der Waals surface area (Å²) in [6.07, 6.45) is 4.64. The summed E-state index contributed by atoms with van der Waals surface area (Å²) in [7, 11) is 3.70. The van der Waals surface area contributed by atoms with Crippen molar-refractivity contribution in [1.82, 2.24) is 10.3 Å². The summed E-state index contributed by atoms with van der Waals surface area (Å²) >= 11 is 0. The molecule has 0 aliphatic heterocycles. The van der Waals surface area contributed by atoms with E-state index in [9.17, 15) is 0 Å². The molecule has 3 heteroatoms. The molecule has 100 valence electrons. The average Bonchev–Trinajstić information content (AvgIpc) is 2.46. The first-order valence-electron chi connectivity index (χ1n) is 6.46. The van der Waals surface area contributed by atoms with Crippen LogP contribution in [-0.4, -0.2) is 19.1 Å². The van der Waals surface area contributed by atoms with Crippen LogP contribution < -0.4 is 10.1 Å². The van der Waals surface area contributed by atoms with Gasteiger partial charge in [0.25, 0.3) is 0 Å². The molecule has 0 spiro atoms. The Balaban J connectivity index is 2.27. The average molecular weight is 256 g/mol. The number of rotatable bonds is 5. The van der Waals surface area contributed by atoms with Crippen molar-refractivity contribution in [2.45, 2.75) is 19.4 Å². The fourth-order valence-corrected chi connectivity index (χ4v) is 2.33. The van der Waals surface area contributed by atoms with Gasteiger partial charge in [-0.15, -0.1) is 0 Å². The highest BCUT2D eigenvalue weighted by Gasteiger charge is 2.14. The summed E-state index contributed by atoms with van der Waals surface area (Å²) in [5.41, 5.74) is 3.70. The minimum absolute atomic E-state index is 0.263. The van der Waals surface area contributed by atoms with E-state index in [0.29, 0.717) is 0 Å². The third kappa shape index (κ3) is 3.12. The quantitative estimate of drug-likeness (QED) is 0.893. The molecule has 19 heavy (non-hydrogen) atoms. The van der Waals surface area contributed by atoms with Gasteiger partial charge in [0.05, 0.1) is 7.11 Å². The highest BCUT2D eigenvalue weighted by molar-refractivity contribution is 5.36. The molecule has 1 N–H and O–H groups in total. The van der Waals surface area contributed by atoms with E-state index in [1.807, 2.05) is 37.6 Å². The Morgan fingerprint density at radius 3 is 2.74 bits per heavy atom. The first-order chi connectivity index (χ1) is 9.26. The summed E-state index contributed by atoms with van der Waals surface area (Å²) < 4.78 is 5.42. The Kier molecular flexibility index (Phi) is 4.53. The molecule has 0 bridgehead atoms. The number of para-hydroxylation sites is 1. The standard InChI is InChI=1S/C16H20N2O/c1-12-11-18-9-8-14(12)15(17-2)10-13-6-4-5-7-16(13)19-3/h4-9,11,15,17H,10H2,1-3H3. The Labute approximate surface area is 114 Å². The second-order valence-corrected chi connectivity index (χ2v) is 4.59. The number of hydrogen-bond donors (Lipinski definition) is 1. The zero-order valence-electron chi connectivity index (χ0n) is 11.7.